The van der Waals surface area contributed by atoms with Crippen molar-refractivity contribution in [3.63, 3.8) is 0 Å². The average molecular weight is 232 g/mol. The number of nitrogens with zero attached hydrogens (tertiary/aromatic N) is 1. The lowest BCUT2D eigenvalue weighted by molar-refractivity contribution is 0.551. The van der Waals surface area contributed by atoms with E-state index in [9.17, 15) is 0 Å². The summed E-state index contributed by atoms with van der Waals surface area (Å²) < 4.78 is 0. The first kappa shape index (κ1) is 12.4. The van der Waals surface area contributed by atoms with Crippen LogP contribution in [-0.2, 0) is 0 Å². The molecule has 0 radical (unpaired) electrons. The molecular weight excluding hydrogens is 208 g/mol. The molecule has 1 heterocycles. The van der Waals surface area contributed by atoms with E-state index in [1.54, 1.807) is 0 Å². The van der Waals surface area contributed by atoms with Gasteiger partial charge in [-0.05, 0) is 44.0 Å². The van der Waals surface area contributed by atoms with Crippen molar-refractivity contribution in [1.29, 1.82) is 0 Å². The van der Waals surface area contributed by atoms with Gasteiger partial charge in [-0.1, -0.05) is 31.5 Å². The fourth-order valence-electron chi connectivity index (χ4n) is 2.50. The van der Waals surface area contributed by atoms with Crippen LogP contribution in [0.15, 0.2) is 30.3 Å². The molecule has 17 heavy (non-hydrogen) atoms. The molecular formula is C15H24N2. The van der Waals surface area contributed by atoms with Crippen LogP contribution in [0.3, 0.4) is 0 Å². The maximum absolute atomic E-state index is 3.46. The van der Waals surface area contributed by atoms with Gasteiger partial charge in [0, 0.05) is 18.8 Å². The van der Waals surface area contributed by atoms with Crippen molar-refractivity contribution in [2.45, 2.75) is 26.2 Å². The first-order valence-corrected chi connectivity index (χ1v) is 6.91. The van der Waals surface area contributed by atoms with Crippen molar-refractivity contribution in [3.8, 4) is 0 Å². The lowest BCUT2D eigenvalue weighted by Gasteiger charge is -2.27. The molecule has 1 saturated heterocycles. The maximum Gasteiger partial charge on any atom is 0.0366 e. The zero-order valence-corrected chi connectivity index (χ0v) is 10.9. The standard InChI is InChI=1S/C15H24N2/c1-2-3-11-17(13-14-9-10-16-12-14)15-7-5-4-6-8-15/h4-8,14,16H,2-3,9-13H2,1H3. The van der Waals surface area contributed by atoms with Crippen molar-refractivity contribution in [2.24, 2.45) is 5.92 Å². The highest BCUT2D eigenvalue weighted by Crippen LogP contribution is 2.18. The number of anilines is 1. The van der Waals surface area contributed by atoms with Gasteiger partial charge in [-0.25, -0.2) is 0 Å². The third-order valence-corrected chi connectivity index (χ3v) is 3.54. The van der Waals surface area contributed by atoms with E-state index in [2.05, 4.69) is 47.5 Å². The van der Waals surface area contributed by atoms with E-state index in [1.165, 1.54) is 51.1 Å². The number of para-hydroxylation sites is 1. The largest absolute Gasteiger partial charge is 0.371 e. The molecule has 2 heteroatoms. The van der Waals surface area contributed by atoms with Gasteiger partial charge in [-0.15, -0.1) is 0 Å². The van der Waals surface area contributed by atoms with Crippen LogP contribution in [0.25, 0.3) is 0 Å². The Kier molecular flexibility index (Phi) is 4.87. The lowest BCUT2D eigenvalue weighted by Crippen LogP contribution is -2.31. The van der Waals surface area contributed by atoms with Crippen LogP contribution in [0, 0.1) is 5.92 Å². The Morgan fingerprint density at radius 3 is 2.76 bits per heavy atom. The van der Waals surface area contributed by atoms with Crippen LogP contribution in [-0.4, -0.2) is 26.2 Å². The van der Waals surface area contributed by atoms with Crippen LogP contribution in [0.1, 0.15) is 26.2 Å². The first-order valence-electron chi connectivity index (χ1n) is 6.91. The van der Waals surface area contributed by atoms with Crippen LogP contribution >= 0.6 is 0 Å². The van der Waals surface area contributed by atoms with Crippen LogP contribution in [0.5, 0.6) is 0 Å². The van der Waals surface area contributed by atoms with E-state index in [4.69, 9.17) is 0 Å². The molecule has 1 aliphatic rings. The Hall–Kier alpha value is -1.02. The number of hydrogen-bond donors (Lipinski definition) is 1. The van der Waals surface area contributed by atoms with Crippen LogP contribution in [0.4, 0.5) is 5.69 Å². The molecule has 1 unspecified atom stereocenters. The summed E-state index contributed by atoms with van der Waals surface area (Å²) in [5, 5.41) is 3.46. The van der Waals surface area contributed by atoms with Crippen LogP contribution < -0.4 is 10.2 Å². The average Bonchev–Trinajstić information content (AvgIpc) is 2.88. The summed E-state index contributed by atoms with van der Waals surface area (Å²) in [6.45, 7) is 7.05. The molecule has 0 spiro atoms. The number of benzene rings is 1. The van der Waals surface area contributed by atoms with Gasteiger partial charge in [0.15, 0.2) is 0 Å². The third-order valence-electron chi connectivity index (χ3n) is 3.54. The summed E-state index contributed by atoms with van der Waals surface area (Å²) in [7, 11) is 0. The Morgan fingerprint density at radius 1 is 1.29 bits per heavy atom. The van der Waals surface area contributed by atoms with Crippen molar-refractivity contribution in [2.75, 3.05) is 31.1 Å². The van der Waals surface area contributed by atoms with Crippen molar-refractivity contribution < 1.29 is 0 Å². The van der Waals surface area contributed by atoms with E-state index in [-0.39, 0.29) is 0 Å². The van der Waals surface area contributed by atoms with E-state index in [0.717, 1.165) is 5.92 Å². The quantitative estimate of drug-likeness (QED) is 0.811. The molecule has 1 aliphatic heterocycles. The van der Waals surface area contributed by atoms with Gasteiger partial charge in [0.25, 0.3) is 0 Å². The van der Waals surface area contributed by atoms with Gasteiger partial charge in [0.2, 0.25) is 0 Å². The fourth-order valence-corrected chi connectivity index (χ4v) is 2.50. The highest BCUT2D eigenvalue weighted by Gasteiger charge is 2.18. The van der Waals surface area contributed by atoms with Gasteiger partial charge in [-0.2, -0.15) is 0 Å². The lowest BCUT2D eigenvalue weighted by atomic mass is 10.1. The van der Waals surface area contributed by atoms with E-state index >= 15 is 0 Å². The first-order chi connectivity index (χ1) is 8.40. The van der Waals surface area contributed by atoms with Gasteiger partial charge in [0.05, 0.1) is 0 Å². The minimum absolute atomic E-state index is 0.826. The molecule has 0 amide bonds. The fraction of sp³-hybridized carbons (Fsp3) is 0.600. The molecule has 94 valence electrons. The van der Waals surface area contributed by atoms with Crippen molar-refractivity contribution >= 4 is 5.69 Å². The normalized spacial score (nSPS) is 19.5. The second kappa shape index (κ2) is 6.65. The number of unbranched alkanes of at least 4 members (excludes halogenated alkanes) is 1. The molecule has 2 rings (SSSR count). The summed E-state index contributed by atoms with van der Waals surface area (Å²) >= 11 is 0. The van der Waals surface area contributed by atoms with E-state index in [1.807, 2.05) is 0 Å². The van der Waals surface area contributed by atoms with Gasteiger partial charge in [0.1, 0.15) is 0 Å². The SMILES string of the molecule is CCCCN(CC1CCNC1)c1ccccc1. The molecule has 1 aromatic rings. The summed E-state index contributed by atoms with van der Waals surface area (Å²) in [4.78, 5) is 2.56. The molecule has 1 atom stereocenters. The predicted octanol–water partition coefficient (Wildman–Crippen LogP) is 2.90. The molecule has 1 N–H and O–H groups in total. The molecule has 0 aliphatic carbocycles. The second-order valence-electron chi connectivity index (χ2n) is 4.99. The predicted molar refractivity (Wildman–Crippen MR) is 74.5 cm³/mol. The maximum atomic E-state index is 3.46. The zero-order chi connectivity index (χ0) is 11.9. The van der Waals surface area contributed by atoms with Gasteiger partial charge < -0.3 is 10.2 Å². The summed E-state index contributed by atoms with van der Waals surface area (Å²) in [6, 6.07) is 10.8. The Labute approximate surface area is 105 Å². The minimum Gasteiger partial charge on any atom is -0.371 e. The third kappa shape index (κ3) is 3.74. The van der Waals surface area contributed by atoms with Crippen LogP contribution in [0.2, 0.25) is 0 Å². The van der Waals surface area contributed by atoms with Gasteiger partial charge >= 0.3 is 0 Å². The Balaban J connectivity index is 1.97. The minimum atomic E-state index is 0.826. The van der Waals surface area contributed by atoms with Gasteiger partial charge in [-0.3, -0.25) is 0 Å². The highest BCUT2D eigenvalue weighted by atomic mass is 15.1. The Bertz CT molecular complexity index is 304. The summed E-state index contributed by atoms with van der Waals surface area (Å²) in [6.07, 6.45) is 3.89. The van der Waals surface area contributed by atoms with E-state index < -0.39 is 0 Å². The number of nitrogens with one attached hydrogen (secondary N) is 1. The highest BCUT2D eigenvalue weighted by molar-refractivity contribution is 5.45. The smallest absolute Gasteiger partial charge is 0.0366 e. The zero-order valence-electron chi connectivity index (χ0n) is 10.9. The van der Waals surface area contributed by atoms with E-state index in [0.29, 0.717) is 0 Å². The van der Waals surface area contributed by atoms with Crippen molar-refractivity contribution in [3.05, 3.63) is 30.3 Å². The summed E-state index contributed by atoms with van der Waals surface area (Å²) in [5.41, 5.74) is 1.38. The Morgan fingerprint density at radius 2 is 2.12 bits per heavy atom. The topological polar surface area (TPSA) is 15.3 Å². The van der Waals surface area contributed by atoms with Crippen molar-refractivity contribution in [1.82, 2.24) is 5.32 Å². The number of hydrogen-bond acceptors (Lipinski definition) is 2. The second-order valence-corrected chi connectivity index (χ2v) is 4.99. The molecule has 1 fully saturated rings. The monoisotopic (exact) mass is 232 g/mol. The number of rotatable bonds is 6. The molecule has 0 bridgehead atoms. The molecule has 1 aromatic carbocycles. The molecule has 0 aromatic heterocycles. The summed E-state index contributed by atoms with van der Waals surface area (Å²) in [5.74, 6) is 0.826. The molecule has 2 nitrogen and oxygen atoms in total. The molecule has 0 saturated carbocycles.